The highest BCUT2D eigenvalue weighted by Gasteiger charge is 2.02. The number of rotatable bonds is 6. The Hall–Kier alpha value is -1.60. The molecule has 86 valence electrons. The summed E-state index contributed by atoms with van der Waals surface area (Å²) in [6.45, 7) is 0.869. The van der Waals surface area contributed by atoms with Crippen molar-refractivity contribution >= 4 is 5.69 Å². The smallest absolute Gasteiger partial charge is 0.147 e. The molecule has 0 atom stereocenters. The Bertz CT molecular complexity index is 374. The summed E-state index contributed by atoms with van der Waals surface area (Å²) >= 11 is 0. The van der Waals surface area contributed by atoms with Gasteiger partial charge >= 0.3 is 0 Å². The molecule has 0 spiro atoms. The van der Waals surface area contributed by atoms with Crippen LogP contribution in [-0.4, -0.2) is 18.3 Å². The summed E-state index contributed by atoms with van der Waals surface area (Å²) in [5.41, 5.74) is 0.742. The van der Waals surface area contributed by atoms with Gasteiger partial charge in [0, 0.05) is 13.2 Å². The van der Waals surface area contributed by atoms with Gasteiger partial charge in [-0.2, -0.15) is 5.26 Å². The molecule has 0 aliphatic carbocycles. The van der Waals surface area contributed by atoms with Crippen LogP contribution in [0, 0.1) is 17.1 Å². The van der Waals surface area contributed by atoms with Gasteiger partial charge in [0.2, 0.25) is 0 Å². The summed E-state index contributed by atoms with van der Waals surface area (Å²) < 4.78 is 13.4. The molecule has 1 rings (SSSR count). The van der Waals surface area contributed by atoms with Gasteiger partial charge in [-0.3, -0.25) is 0 Å². The van der Waals surface area contributed by atoms with E-state index in [9.17, 15) is 4.39 Å². The van der Waals surface area contributed by atoms with E-state index in [-0.39, 0.29) is 6.61 Å². The van der Waals surface area contributed by atoms with E-state index >= 15 is 0 Å². The van der Waals surface area contributed by atoms with Crippen molar-refractivity contribution in [1.82, 2.24) is 0 Å². The van der Waals surface area contributed by atoms with Crippen LogP contribution in [0.3, 0.4) is 0 Å². The number of hydrogen-bond donors (Lipinski definition) is 2. The van der Waals surface area contributed by atoms with E-state index in [0.717, 1.165) is 19.3 Å². The summed E-state index contributed by atoms with van der Waals surface area (Å²) in [4.78, 5) is 0. The van der Waals surface area contributed by atoms with Crippen molar-refractivity contribution in [2.45, 2.75) is 19.3 Å². The highest BCUT2D eigenvalue weighted by molar-refractivity contribution is 5.48. The molecule has 0 aromatic heterocycles. The van der Waals surface area contributed by atoms with E-state index < -0.39 is 5.82 Å². The molecule has 2 N–H and O–H groups in total. The Morgan fingerprint density at radius 3 is 2.75 bits per heavy atom. The van der Waals surface area contributed by atoms with Crippen molar-refractivity contribution in [2.75, 3.05) is 18.5 Å². The molecule has 1 aromatic rings. The first kappa shape index (κ1) is 12.5. The SMILES string of the molecule is N#Cc1ccc(NCCCCCO)c(F)c1. The van der Waals surface area contributed by atoms with Crippen LogP contribution in [0.1, 0.15) is 24.8 Å². The van der Waals surface area contributed by atoms with Crippen molar-refractivity contribution in [3.8, 4) is 6.07 Å². The lowest BCUT2D eigenvalue weighted by atomic mass is 10.2. The lowest BCUT2D eigenvalue weighted by molar-refractivity contribution is 0.283. The Morgan fingerprint density at radius 2 is 2.12 bits per heavy atom. The summed E-state index contributed by atoms with van der Waals surface area (Å²) in [7, 11) is 0. The Balaban J connectivity index is 2.40. The number of nitrogens with zero attached hydrogens (tertiary/aromatic N) is 1. The molecule has 0 amide bonds. The monoisotopic (exact) mass is 222 g/mol. The van der Waals surface area contributed by atoms with Gasteiger partial charge < -0.3 is 10.4 Å². The fraction of sp³-hybridized carbons (Fsp3) is 0.417. The van der Waals surface area contributed by atoms with E-state index in [1.807, 2.05) is 6.07 Å². The van der Waals surface area contributed by atoms with Gasteiger partial charge in [0.25, 0.3) is 0 Å². The fourth-order valence-corrected chi connectivity index (χ4v) is 1.36. The normalized spacial score (nSPS) is 9.81. The van der Waals surface area contributed by atoms with E-state index in [0.29, 0.717) is 17.8 Å². The number of anilines is 1. The van der Waals surface area contributed by atoms with E-state index in [1.165, 1.54) is 6.07 Å². The highest BCUT2D eigenvalue weighted by atomic mass is 19.1. The fourth-order valence-electron chi connectivity index (χ4n) is 1.36. The third kappa shape index (κ3) is 3.87. The molecule has 3 nitrogen and oxygen atoms in total. The first-order chi connectivity index (χ1) is 7.77. The molecule has 16 heavy (non-hydrogen) atoms. The van der Waals surface area contributed by atoms with Crippen molar-refractivity contribution < 1.29 is 9.50 Å². The van der Waals surface area contributed by atoms with Gasteiger partial charge in [0.05, 0.1) is 17.3 Å². The van der Waals surface area contributed by atoms with Gasteiger partial charge in [0.15, 0.2) is 0 Å². The molecular formula is C12H15FN2O. The molecule has 4 heteroatoms. The number of benzene rings is 1. The lowest BCUT2D eigenvalue weighted by Gasteiger charge is -2.07. The third-order valence-corrected chi connectivity index (χ3v) is 2.25. The first-order valence-corrected chi connectivity index (χ1v) is 5.32. The maximum Gasteiger partial charge on any atom is 0.147 e. The molecule has 0 bridgehead atoms. The third-order valence-electron chi connectivity index (χ3n) is 2.25. The molecule has 1 aromatic carbocycles. The summed E-state index contributed by atoms with van der Waals surface area (Å²) in [6.07, 6.45) is 2.58. The molecule has 0 saturated heterocycles. The van der Waals surface area contributed by atoms with Gasteiger partial charge in [-0.05, 0) is 37.5 Å². The number of hydrogen-bond acceptors (Lipinski definition) is 3. The number of unbranched alkanes of at least 4 members (excludes halogenated alkanes) is 2. The molecule has 0 fully saturated rings. The summed E-state index contributed by atoms with van der Waals surface area (Å²) in [5.74, 6) is -0.402. The second kappa shape index (κ2) is 6.81. The largest absolute Gasteiger partial charge is 0.396 e. The minimum Gasteiger partial charge on any atom is -0.396 e. The van der Waals surface area contributed by atoms with Gasteiger partial charge in [-0.25, -0.2) is 4.39 Å². The molecule has 0 aliphatic rings. The zero-order valence-electron chi connectivity index (χ0n) is 9.04. The predicted molar refractivity (Wildman–Crippen MR) is 60.5 cm³/mol. The van der Waals surface area contributed by atoms with E-state index in [2.05, 4.69) is 5.32 Å². The zero-order chi connectivity index (χ0) is 11.8. The van der Waals surface area contributed by atoms with Gasteiger partial charge in [-0.15, -0.1) is 0 Å². The Kier molecular flexibility index (Phi) is 5.30. The van der Waals surface area contributed by atoms with Crippen LogP contribution >= 0.6 is 0 Å². The van der Waals surface area contributed by atoms with Crippen molar-refractivity contribution in [2.24, 2.45) is 0 Å². The van der Waals surface area contributed by atoms with E-state index in [4.69, 9.17) is 10.4 Å². The van der Waals surface area contributed by atoms with E-state index in [1.54, 1.807) is 12.1 Å². The highest BCUT2D eigenvalue weighted by Crippen LogP contribution is 2.15. The molecule has 0 aliphatic heterocycles. The van der Waals surface area contributed by atoms with Crippen LogP contribution in [-0.2, 0) is 0 Å². The number of aliphatic hydroxyl groups is 1. The minimum atomic E-state index is -0.402. The number of aliphatic hydroxyl groups excluding tert-OH is 1. The van der Waals surface area contributed by atoms with Crippen LogP contribution < -0.4 is 5.32 Å². The molecule has 0 heterocycles. The van der Waals surface area contributed by atoms with Crippen LogP contribution in [0.15, 0.2) is 18.2 Å². The van der Waals surface area contributed by atoms with Crippen LogP contribution in [0.25, 0.3) is 0 Å². The van der Waals surface area contributed by atoms with Crippen LogP contribution in [0.2, 0.25) is 0 Å². The molecule has 0 unspecified atom stereocenters. The second-order valence-electron chi connectivity index (χ2n) is 3.52. The maximum absolute atomic E-state index is 13.4. The number of nitrogens with one attached hydrogen (secondary N) is 1. The van der Waals surface area contributed by atoms with Crippen molar-refractivity contribution in [1.29, 1.82) is 5.26 Å². The Labute approximate surface area is 94.5 Å². The molecular weight excluding hydrogens is 207 g/mol. The van der Waals surface area contributed by atoms with Crippen LogP contribution in [0.5, 0.6) is 0 Å². The average Bonchev–Trinajstić information content (AvgIpc) is 2.30. The number of halogens is 1. The van der Waals surface area contributed by atoms with Gasteiger partial charge in [-0.1, -0.05) is 0 Å². The quantitative estimate of drug-likeness (QED) is 0.726. The zero-order valence-corrected chi connectivity index (χ0v) is 9.04. The standard InChI is InChI=1S/C12H15FN2O/c13-11-8-10(9-14)4-5-12(11)15-6-2-1-3-7-16/h4-5,8,15-16H,1-3,6-7H2. The summed E-state index contributed by atoms with van der Waals surface area (Å²) in [6, 6.07) is 6.25. The first-order valence-electron chi connectivity index (χ1n) is 5.32. The Morgan fingerprint density at radius 1 is 1.31 bits per heavy atom. The molecule has 0 saturated carbocycles. The predicted octanol–water partition coefficient (Wildman–Crippen LogP) is 2.27. The maximum atomic E-state index is 13.4. The molecule has 0 radical (unpaired) electrons. The second-order valence-corrected chi connectivity index (χ2v) is 3.52. The number of nitriles is 1. The van der Waals surface area contributed by atoms with Gasteiger partial charge in [0.1, 0.15) is 5.82 Å². The summed E-state index contributed by atoms with van der Waals surface area (Å²) in [5, 5.41) is 20.1. The topological polar surface area (TPSA) is 56.0 Å². The average molecular weight is 222 g/mol. The minimum absolute atomic E-state index is 0.200. The van der Waals surface area contributed by atoms with Crippen molar-refractivity contribution in [3.05, 3.63) is 29.6 Å². The van der Waals surface area contributed by atoms with Crippen LogP contribution in [0.4, 0.5) is 10.1 Å². The van der Waals surface area contributed by atoms with Crippen molar-refractivity contribution in [3.63, 3.8) is 0 Å². The lowest BCUT2D eigenvalue weighted by Crippen LogP contribution is -2.03.